The number of hydrogen-bond acceptors (Lipinski definition) is 3. The number of fused-ring (bicyclic) bond motifs is 1. The van der Waals surface area contributed by atoms with Crippen LogP contribution in [-0.4, -0.2) is 34.8 Å². The molecule has 0 bridgehead atoms. The number of nitrogens with one attached hydrogen (secondary N) is 1. The molecule has 3 aromatic rings. The molecule has 5 heteroatoms. The van der Waals surface area contributed by atoms with Gasteiger partial charge in [-0.3, -0.25) is 4.79 Å². The van der Waals surface area contributed by atoms with E-state index in [0.717, 1.165) is 29.3 Å². The van der Waals surface area contributed by atoms with E-state index < -0.39 is 0 Å². The van der Waals surface area contributed by atoms with Crippen LogP contribution < -0.4 is 0 Å². The Balaban J connectivity index is 1.41. The summed E-state index contributed by atoms with van der Waals surface area (Å²) in [6.07, 6.45) is 3.02. The minimum absolute atomic E-state index is 0.0907. The van der Waals surface area contributed by atoms with Gasteiger partial charge in [0.15, 0.2) is 5.78 Å². The Labute approximate surface area is 157 Å². The molecule has 5 nitrogen and oxygen atoms in total. The predicted octanol–water partition coefficient (Wildman–Crippen LogP) is 4.40. The lowest BCUT2D eigenvalue weighted by Gasteiger charge is -2.31. The fourth-order valence-electron chi connectivity index (χ4n) is 3.66. The zero-order valence-corrected chi connectivity index (χ0v) is 15.1. The van der Waals surface area contributed by atoms with Gasteiger partial charge >= 0.3 is 6.09 Å². The molecule has 2 heterocycles. The van der Waals surface area contributed by atoms with E-state index in [9.17, 15) is 9.59 Å². The van der Waals surface area contributed by atoms with Gasteiger partial charge in [0.1, 0.15) is 6.61 Å². The standard InChI is InChI=1S/C22H22N2O3/c25-21(19-13-23-20-11-5-4-10-18(19)20)17-9-6-12-24(14-17)22(26)27-15-16-7-2-1-3-8-16/h1-5,7-8,10-11,13,17,23H,6,9,12,14-15H2/t17-/m1/s1. The minimum Gasteiger partial charge on any atom is -0.445 e. The van der Waals surface area contributed by atoms with Gasteiger partial charge in [-0.1, -0.05) is 48.5 Å². The molecule has 1 saturated heterocycles. The zero-order valence-electron chi connectivity index (χ0n) is 15.1. The fourth-order valence-corrected chi connectivity index (χ4v) is 3.66. The van der Waals surface area contributed by atoms with Crippen molar-refractivity contribution in [2.45, 2.75) is 19.4 Å². The highest BCUT2D eigenvalue weighted by atomic mass is 16.6. The molecular formula is C22H22N2O3. The zero-order chi connectivity index (χ0) is 18.6. The number of ketones is 1. The Morgan fingerprint density at radius 1 is 1.07 bits per heavy atom. The number of carbonyl (C=O) groups excluding carboxylic acids is 2. The number of hydrogen-bond donors (Lipinski definition) is 1. The Morgan fingerprint density at radius 2 is 1.85 bits per heavy atom. The van der Waals surface area contributed by atoms with Crippen molar-refractivity contribution in [3.63, 3.8) is 0 Å². The van der Waals surface area contributed by atoms with E-state index in [0.29, 0.717) is 18.7 Å². The first-order chi connectivity index (χ1) is 13.2. The first kappa shape index (κ1) is 17.3. The van der Waals surface area contributed by atoms with Gasteiger partial charge < -0.3 is 14.6 Å². The quantitative estimate of drug-likeness (QED) is 0.700. The largest absolute Gasteiger partial charge is 0.445 e. The van der Waals surface area contributed by atoms with Crippen LogP contribution in [0.5, 0.6) is 0 Å². The lowest BCUT2D eigenvalue weighted by molar-refractivity contribution is 0.0688. The molecule has 0 unspecified atom stereocenters. The third kappa shape index (κ3) is 3.72. The van der Waals surface area contributed by atoms with Crippen molar-refractivity contribution in [2.24, 2.45) is 5.92 Å². The number of amides is 1. The predicted molar refractivity (Wildman–Crippen MR) is 104 cm³/mol. The summed E-state index contributed by atoms with van der Waals surface area (Å²) in [6, 6.07) is 17.4. The number of carbonyl (C=O) groups is 2. The van der Waals surface area contributed by atoms with Gasteiger partial charge in [0.2, 0.25) is 0 Å². The van der Waals surface area contributed by atoms with Crippen molar-refractivity contribution in [1.29, 1.82) is 0 Å². The van der Waals surface area contributed by atoms with Crippen molar-refractivity contribution in [2.75, 3.05) is 13.1 Å². The Bertz CT molecular complexity index is 948. The van der Waals surface area contributed by atoms with Gasteiger partial charge in [0.25, 0.3) is 0 Å². The van der Waals surface area contributed by atoms with E-state index in [1.807, 2.05) is 54.6 Å². The highest BCUT2D eigenvalue weighted by Gasteiger charge is 2.30. The first-order valence-corrected chi connectivity index (χ1v) is 9.28. The summed E-state index contributed by atoms with van der Waals surface area (Å²) < 4.78 is 5.43. The number of rotatable bonds is 4. The molecule has 4 rings (SSSR count). The number of Topliss-reactive ketones (excluding diaryl/α,β-unsaturated/α-hetero) is 1. The molecule has 1 fully saturated rings. The van der Waals surface area contributed by atoms with Crippen LogP contribution in [0.1, 0.15) is 28.8 Å². The number of H-pyrrole nitrogens is 1. The molecule has 1 atom stereocenters. The van der Waals surface area contributed by atoms with Crippen LogP contribution >= 0.6 is 0 Å². The van der Waals surface area contributed by atoms with Crippen LogP contribution in [0.3, 0.4) is 0 Å². The van der Waals surface area contributed by atoms with Crippen LogP contribution in [0.2, 0.25) is 0 Å². The lowest BCUT2D eigenvalue weighted by atomic mass is 9.90. The van der Waals surface area contributed by atoms with E-state index in [2.05, 4.69) is 4.98 Å². The lowest BCUT2D eigenvalue weighted by Crippen LogP contribution is -2.42. The van der Waals surface area contributed by atoms with Crippen LogP contribution in [0.15, 0.2) is 60.8 Å². The van der Waals surface area contributed by atoms with Gasteiger partial charge in [-0.05, 0) is 24.5 Å². The van der Waals surface area contributed by atoms with Crippen molar-refractivity contribution in [1.82, 2.24) is 9.88 Å². The maximum atomic E-state index is 13.0. The molecule has 138 valence electrons. The number of likely N-dealkylation sites (tertiary alicyclic amines) is 1. The van der Waals surface area contributed by atoms with Gasteiger partial charge in [-0.2, -0.15) is 0 Å². The summed E-state index contributed by atoms with van der Waals surface area (Å²) in [5.41, 5.74) is 2.61. The molecule has 2 aromatic carbocycles. The molecule has 0 saturated carbocycles. The SMILES string of the molecule is O=C(c1c[nH]c2ccccc12)[C@@H]1CCCN(C(=O)OCc2ccccc2)C1. The summed E-state index contributed by atoms with van der Waals surface area (Å²) in [5, 5.41) is 0.936. The molecule has 1 aliphatic rings. The topological polar surface area (TPSA) is 62.4 Å². The van der Waals surface area contributed by atoms with Crippen LogP contribution in [0.25, 0.3) is 10.9 Å². The van der Waals surface area contributed by atoms with Gasteiger partial charge in [-0.25, -0.2) is 4.79 Å². The molecule has 0 radical (unpaired) electrons. The summed E-state index contributed by atoms with van der Waals surface area (Å²) >= 11 is 0. The van der Waals surface area contributed by atoms with E-state index in [1.54, 1.807) is 11.1 Å². The normalized spacial score (nSPS) is 17.0. The van der Waals surface area contributed by atoms with Crippen molar-refractivity contribution in [3.8, 4) is 0 Å². The number of aromatic nitrogens is 1. The van der Waals surface area contributed by atoms with E-state index in [-0.39, 0.29) is 24.4 Å². The summed E-state index contributed by atoms with van der Waals surface area (Å²) in [7, 11) is 0. The molecule has 0 spiro atoms. The third-order valence-corrected chi connectivity index (χ3v) is 5.11. The molecule has 0 aliphatic carbocycles. The summed E-state index contributed by atoms with van der Waals surface area (Å²) in [5.74, 6) is -0.102. The maximum absolute atomic E-state index is 13.0. The van der Waals surface area contributed by atoms with Crippen molar-refractivity contribution >= 4 is 22.8 Å². The minimum atomic E-state index is -0.352. The Kier molecular flexibility index (Phi) is 4.92. The Hall–Kier alpha value is -3.08. The average molecular weight is 362 g/mol. The Morgan fingerprint density at radius 3 is 2.70 bits per heavy atom. The van der Waals surface area contributed by atoms with Gasteiger partial charge in [0, 0.05) is 41.7 Å². The number of benzene rings is 2. The number of aromatic amines is 1. The smallest absolute Gasteiger partial charge is 0.410 e. The van der Waals surface area contributed by atoms with E-state index in [1.165, 1.54) is 0 Å². The highest BCUT2D eigenvalue weighted by molar-refractivity contribution is 6.09. The third-order valence-electron chi connectivity index (χ3n) is 5.11. The second-order valence-electron chi connectivity index (χ2n) is 6.94. The molecule has 1 amide bonds. The van der Waals surface area contributed by atoms with Crippen LogP contribution in [-0.2, 0) is 11.3 Å². The van der Waals surface area contributed by atoms with E-state index in [4.69, 9.17) is 4.74 Å². The average Bonchev–Trinajstić information content (AvgIpc) is 3.16. The van der Waals surface area contributed by atoms with Crippen LogP contribution in [0, 0.1) is 5.92 Å². The second-order valence-corrected chi connectivity index (χ2v) is 6.94. The maximum Gasteiger partial charge on any atom is 0.410 e. The number of para-hydroxylation sites is 1. The number of ether oxygens (including phenoxy) is 1. The number of piperidine rings is 1. The summed E-state index contributed by atoms with van der Waals surface area (Å²) in [6.45, 7) is 1.29. The molecule has 27 heavy (non-hydrogen) atoms. The monoisotopic (exact) mass is 362 g/mol. The molecule has 1 aromatic heterocycles. The number of nitrogens with zero attached hydrogens (tertiary/aromatic N) is 1. The van der Waals surface area contributed by atoms with Gasteiger partial charge in [-0.15, -0.1) is 0 Å². The van der Waals surface area contributed by atoms with Crippen molar-refractivity contribution in [3.05, 3.63) is 71.9 Å². The first-order valence-electron chi connectivity index (χ1n) is 9.28. The second kappa shape index (κ2) is 7.66. The molecule has 1 aliphatic heterocycles. The molecule has 1 N–H and O–H groups in total. The van der Waals surface area contributed by atoms with E-state index >= 15 is 0 Å². The highest BCUT2D eigenvalue weighted by Crippen LogP contribution is 2.26. The fraction of sp³-hybridized carbons (Fsp3) is 0.273. The van der Waals surface area contributed by atoms with Gasteiger partial charge in [0.05, 0.1) is 0 Å². The van der Waals surface area contributed by atoms with Crippen LogP contribution in [0.4, 0.5) is 4.79 Å². The van der Waals surface area contributed by atoms with Crippen molar-refractivity contribution < 1.29 is 14.3 Å². The molecular weight excluding hydrogens is 340 g/mol. The summed E-state index contributed by atoms with van der Waals surface area (Å²) in [4.78, 5) is 30.3.